The fourth-order valence-electron chi connectivity index (χ4n) is 3.97. The van der Waals surface area contributed by atoms with Gasteiger partial charge in [-0.1, -0.05) is 24.3 Å². The first-order chi connectivity index (χ1) is 13.7. The molecule has 0 N–H and O–H groups in total. The second-order valence-corrected chi connectivity index (χ2v) is 8.25. The molecule has 2 heterocycles. The van der Waals surface area contributed by atoms with Crippen LogP contribution < -0.4 is 0 Å². The van der Waals surface area contributed by atoms with Crippen molar-refractivity contribution >= 4 is 33.6 Å². The van der Waals surface area contributed by atoms with E-state index in [2.05, 4.69) is 18.2 Å². The van der Waals surface area contributed by atoms with E-state index in [0.29, 0.717) is 32.8 Å². The Kier molecular flexibility index (Phi) is 5.62. The number of ether oxygens (including phenoxy) is 1. The molecule has 1 aliphatic carbocycles. The smallest absolute Gasteiger partial charge is 0.409 e. The minimum Gasteiger partial charge on any atom is -0.450 e. The van der Waals surface area contributed by atoms with Crippen LogP contribution in [0, 0.1) is 5.92 Å². The van der Waals surface area contributed by atoms with E-state index in [1.807, 2.05) is 23.1 Å². The summed E-state index contributed by atoms with van der Waals surface area (Å²) in [5, 5.41) is 1.05. The molecule has 0 spiro atoms. The first-order valence-electron chi connectivity index (χ1n) is 9.88. The third-order valence-corrected chi connectivity index (χ3v) is 6.66. The molecule has 4 rings (SSSR count). The molecule has 0 radical (unpaired) electrons. The molecule has 0 saturated carbocycles. The number of fused-ring (bicyclic) bond motifs is 1. The maximum Gasteiger partial charge on any atom is 0.409 e. The maximum absolute atomic E-state index is 13.3. The summed E-state index contributed by atoms with van der Waals surface area (Å²) in [6.07, 6.45) is 5.58. The minimum absolute atomic E-state index is 0.0836. The summed E-state index contributed by atoms with van der Waals surface area (Å²) < 4.78 is 6.23. The van der Waals surface area contributed by atoms with Crippen molar-refractivity contribution in [3.63, 3.8) is 0 Å². The van der Waals surface area contributed by atoms with Gasteiger partial charge in [-0.25, -0.2) is 9.78 Å². The Balaban J connectivity index is 1.47. The normalized spacial score (nSPS) is 22.5. The average Bonchev–Trinajstić information content (AvgIpc) is 3.18. The molecule has 1 aliphatic heterocycles. The summed E-state index contributed by atoms with van der Waals surface area (Å²) in [5.41, 5.74) is 1.01. The Morgan fingerprint density at radius 3 is 2.57 bits per heavy atom. The van der Waals surface area contributed by atoms with Crippen LogP contribution >= 0.6 is 11.3 Å². The monoisotopic (exact) mass is 399 g/mol. The second-order valence-electron chi connectivity index (χ2n) is 7.19. The van der Waals surface area contributed by atoms with Gasteiger partial charge in [0.25, 0.3) is 0 Å². The van der Waals surface area contributed by atoms with Gasteiger partial charge in [0.1, 0.15) is 0 Å². The van der Waals surface area contributed by atoms with Crippen molar-refractivity contribution in [2.75, 3.05) is 32.8 Å². The number of benzene rings is 1. The molecule has 6 nitrogen and oxygen atoms in total. The predicted molar refractivity (Wildman–Crippen MR) is 109 cm³/mol. The Morgan fingerprint density at radius 1 is 1.11 bits per heavy atom. The quantitative estimate of drug-likeness (QED) is 0.739. The van der Waals surface area contributed by atoms with Crippen LogP contribution in [0.15, 0.2) is 36.4 Å². The zero-order valence-electron chi connectivity index (χ0n) is 16.0. The SMILES string of the molecule is CCOC(=O)N1CCN(C(=O)[C@@H]2CC=CC[C@@H]2c2nc3ccccc3s2)CC1. The molecule has 0 unspecified atom stereocenters. The van der Waals surface area contributed by atoms with E-state index in [-0.39, 0.29) is 23.8 Å². The van der Waals surface area contributed by atoms with E-state index in [1.54, 1.807) is 23.2 Å². The van der Waals surface area contributed by atoms with Crippen molar-refractivity contribution in [1.29, 1.82) is 0 Å². The molecule has 1 fully saturated rings. The highest BCUT2D eigenvalue weighted by molar-refractivity contribution is 7.18. The van der Waals surface area contributed by atoms with Crippen LogP contribution in [0.1, 0.15) is 30.7 Å². The van der Waals surface area contributed by atoms with Crippen molar-refractivity contribution in [3.05, 3.63) is 41.4 Å². The van der Waals surface area contributed by atoms with E-state index in [1.165, 1.54) is 4.70 Å². The summed E-state index contributed by atoms with van der Waals surface area (Å²) in [6.45, 7) is 4.35. The second kappa shape index (κ2) is 8.31. The third kappa shape index (κ3) is 3.76. The average molecular weight is 400 g/mol. The number of aromatic nitrogens is 1. The number of allylic oxidation sites excluding steroid dienone is 2. The van der Waals surface area contributed by atoms with Gasteiger partial charge >= 0.3 is 6.09 Å². The summed E-state index contributed by atoms with van der Waals surface area (Å²) in [5.74, 6) is 0.217. The van der Waals surface area contributed by atoms with Crippen LogP contribution in [-0.4, -0.2) is 59.6 Å². The van der Waals surface area contributed by atoms with Gasteiger partial charge in [0, 0.05) is 32.1 Å². The standard InChI is InChI=1S/C21H25N3O3S/c1-2-27-21(26)24-13-11-23(12-14-24)20(25)16-8-4-3-7-15(16)19-22-17-9-5-6-10-18(17)28-19/h3-6,9-10,15-16H,2,7-8,11-14H2,1H3/t15-,16+/m0/s1. The molecule has 1 aromatic carbocycles. The lowest BCUT2D eigenvalue weighted by molar-refractivity contribution is -0.138. The van der Waals surface area contributed by atoms with E-state index in [9.17, 15) is 9.59 Å². The fraction of sp³-hybridized carbons (Fsp3) is 0.476. The van der Waals surface area contributed by atoms with Gasteiger partial charge in [-0.15, -0.1) is 11.3 Å². The van der Waals surface area contributed by atoms with Crippen LogP contribution in [-0.2, 0) is 9.53 Å². The van der Waals surface area contributed by atoms with Crippen LogP contribution in [0.5, 0.6) is 0 Å². The highest BCUT2D eigenvalue weighted by Crippen LogP contribution is 2.39. The van der Waals surface area contributed by atoms with Gasteiger partial charge in [0.15, 0.2) is 0 Å². The zero-order chi connectivity index (χ0) is 19.5. The first-order valence-corrected chi connectivity index (χ1v) is 10.7. The van der Waals surface area contributed by atoms with E-state index in [4.69, 9.17) is 9.72 Å². The molecule has 7 heteroatoms. The number of rotatable bonds is 3. The molecule has 1 aromatic heterocycles. The third-order valence-electron chi connectivity index (χ3n) is 5.49. The molecule has 148 valence electrons. The molecule has 1 saturated heterocycles. The molecular weight excluding hydrogens is 374 g/mol. The molecule has 0 bridgehead atoms. The van der Waals surface area contributed by atoms with Gasteiger partial charge in [0.2, 0.25) is 5.91 Å². The van der Waals surface area contributed by atoms with Crippen molar-refractivity contribution in [2.45, 2.75) is 25.7 Å². The number of amides is 2. The van der Waals surface area contributed by atoms with Crippen molar-refractivity contribution in [2.24, 2.45) is 5.92 Å². The van der Waals surface area contributed by atoms with Gasteiger partial charge in [-0.3, -0.25) is 4.79 Å². The number of thiazole rings is 1. The molecule has 2 amide bonds. The molecule has 2 aliphatic rings. The van der Waals surface area contributed by atoms with E-state index >= 15 is 0 Å². The Morgan fingerprint density at radius 2 is 1.82 bits per heavy atom. The number of carbonyl (C=O) groups is 2. The Labute approximate surface area is 168 Å². The van der Waals surface area contributed by atoms with Gasteiger partial charge in [0.05, 0.1) is 27.7 Å². The first kappa shape index (κ1) is 18.9. The maximum atomic E-state index is 13.3. The van der Waals surface area contributed by atoms with Crippen LogP contribution in [0.2, 0.25) is 0 Å². The lowest BCUT2D eigenvalue weighted by Gasteiger charge is -2.37. The molecule has 28 heavy (non-hydrogen) atoms. The van der Waals surface area contributed by atoms with Crippen molar-refractivity contribution in [1.82, 2.24) is 14.8 Å². The van der Waals surface area contributed by atoms with Crippen molar-refractivity contribution < 1.29 is 14.3 Å². The topological polar surface area (TPSA) is 62.7 Å². The number of carbonyl (C=O) groups excluding carboxylic acids is 2. The van der Waals surface area contributed by atoms with Crippen LogP contribution in [0.4, 0.5) is 4.79 Å². The largest absolute Gasteiger partial charge is 0.450 e. The van der Waals surface area contributed by atoms with Gasteiger partial charge in [-0.2, -0.15) is 0 Å². The lowest BCUT2D eigenvalue weighted by Crippen LogP contribution is -2.52. The Hall–Kier alpha value is -2.41. The zero-order valence-corrected chi connectivity index (χ0v) is 16.9. The highest BCUT2D eigenvalue weighted by Gasteiger charge is 2.36. The predicted octanol–water partition coefficient (Wildman–Crippen LogP) is 3.65. The van der Waals surface area contributed by atoms with Gasteiger partial charge < -0.3 is 14.5 Å². The van der Waals surface area contributed by atoms with Gasteiger partial charge in [-0.05, 0) is 31.9 Å². The summed E-state index contributed by atoms with van der Waals surface area (Å²) in [4.78, 5) is 33.6. The highest BCUT2D eigenvalue weighted by atomic mass is 32.1. The molecule has 2 aromatic rings. The minimum atomic E-state index is -0.289. The molecule has 2 atom stereocenters. The van der Waals surface area contributed by atoms with E-state index < -0.39 is 0 Å². The lowest BCUT2D eigenvalue weighted by atomic mass is 9.82. The van der Waals surface area contributed by atoms with Crippen molar-refractivity contribution in [3.8, 4) is 0 Å². The van der Waals surface area contributed by atoms with Crippen LogP contribution in [0.25, 0.3) is 10.2 Å². The summed E-state index contributed by atoms with van der Waals surface area (Å²) in [7, 11) is 0. The number of piperazine rings is 1. The van der Waals surface area contributed by atoms with E-state index in [0.717, 1.165) is 23.4 Å². The molecular formula is C21H25N3O3S. The number of hydrogen-bond acceptors (Lipinski definition) is 5. The number of hydrogen-bond donors (Lipinski definition) is 0. The summed E-state index contributed by atoms with van der Waals surface area (Å²) >= 11 is 1.70. The number of para-hydroxylation sites is 1. The summed E-state index contributed by atoms with van der Waals surface area (Å²) in [6, 6.07) is 8.13. The van der Waals surface area contributed by atoms with Crippen LogP contribution in [0.3, 0.4) is 0 Å². The fourth-order valence-corrected chi connectivity index (χ4v) is 5.11. The Bertz CT molecular complexity index is 853. The number of nitrogens with zero attached hydrogens (tertiary/aromatic N) is 3.